The number of anilines is 1. The number of methoxy groups -OCH3 is 2. The first-order valence-corrected chi connectivity index (χ1v) is 11.5. The Morgan fingerprint density at radius 1 is 1.00 bits per heavy atom. The maximum Gasteiger partial charge on any atom is 0.238 e. The lowest BCUT2D eigenvalue weighted by atomic mass is 9.80. The van der Waals surface area contributed by atoms with Gasteiger partial charge in [-0.15, -0.1) is 11.3 Å². The molecule has 7 nitrogen and oxygen atoms in total. The van der Waals surface area contributed by atoms with Gasteiger partial charge in [0.2, 0.25) is 15.9 Å². The zero-order chi connectivity index (χ0) is 21.5. The molecule has 1 saturated heterocycles. The number of hydrogen-bond donors (Lipinski definition) is 1. The number of amides is 1. The van der Waals surface area contributed by atoms with Gasteiger partial charge in [-0.25, -0.2) is 13.6 Å². The maximum atomic E-state index is 13.1. The van der Waals surface area contributed by atoms with Gasteiger partial charge in [0.1, 0.15) is 0 Å². The molecular weight excluding hydrogens is 424 g/mol. The van der Waals surface area contributed by atoms with Crippen LogP contribution in [0.4, 0.5) is 5.69 Å². The molecule has 2 heterocycles. The third-order valence-corrected chi connectivity index (χ3v) is 7.02. The van der Waals surface area contributed by atoms with Crippen molar-refractivity contribution in [2.24, 2.45) is 5.14 Å². The lowest BCUT2D eigenvalue weighted by Crippen LogP contribution is -2.53. The Balaban J connectivity index is 1.77. The van der Waals surface area contributed by atoms with Gasteiger partial charge in [0.25, 0.3) is 0 Å². The van der Waals surface area contributed by atoms with E-state index in [0.717, 1.165) is 10.4 Å². The van der Waals surface area contributed by atoms with Crippen LogP contribution in [0.3, 0.4) is 0 Å². The van der Waals surface area contributed by atoms with Gasteiger partial charge < -0.3 is 14.4 Å². The van der Waals surface area contributed by atoms with Crippen LogP contribution in [0.15, 0.2) is 64.9 Å². The first kappa shape index (κ1) is 20.4. The predicted molar refractivity (Wildman–Crippen MR) is 115 cm³/mol. The minimum Gasteiger partial charge on any atom is -0.493 e. The van der Waals surface area contributed by atoms with Gasteiger partial charge in [-0.1, -0.05) is 12.1 Å². The molecule has 3 aromatic rings. The molecule has 156 valence electrons. The summed E-state index contributed by atoms with van der Waals surface area (Å²) in [5, 5.41) is 7.13. The lowest BCUT2D eigenvalue weighted by molar-refractivity contribution is -0.126. The SMILES string of the molecule is COc1ccc([C@H]2[C@H](c3cccs3)C(=O)N2c2ccc(S(N)(=O)=O)cc2)cc1OC. The fourth-order valence-corrected chi connectivity index (χ4v) is 5.06. The van der Waals surface area contributed by atoms with Crippen molar-refractivity contribution < 1.29 is 22.7 Å². The average Bonchev–Trinajstić information content (AvgIpc) is 3.25. The summed E-state index contributed by atoms with van der Waals surface area (Å²) in [6.07, 6.45) is 0. The molecule has 1 aliphatic heterocycles. The highest BCUT2D eigenvalue weighted by Gasteiger charge is 2.50. The van der Waals surface area contributed by atoms with E-state index in [1.165, 1.54) is 23.5 Å². The number of carbonyl (C=O) groups excluding carboxylic acids is 1. The minimum atomic E-state index is -3.81. The van der Waals surface area contributed by atoms with Crippen molar-refractivity contribution >= 4 is 33.0 Å². The van der Waals surface area contributed by atoms with E-state index in [2.05, 4.69) is 0 Å². The molecule has 1 aromatic heterocycles. The van der Waals surface area contributed by atoms with Crippen molar-refractivity contribution in [3.63, 3.8) is 0 Å². The lowest BCUT2D eigenvalue weighted by Gasteiger charge is -2.47. The highest BCUT2D eigenvalue weighted by molar-refractivity contribution is 7.89. The largest absolute Gasteiger partial charge is 0.493 e. The molecule has 0 saturated carbocycles. The van der Waals surface area contributed by atoms with Crippen LogP contribution in [-0.4, -0.2) is 28.5 Å². The van der Waals surface area contributed by atoms with E-state index in [4.69, 9.17) is 14.6 Å². The fraction of sp³-hybridized carbons (Fsp3) is 0.190. The molecule has 0 aliphatic carbocycles. The van der Waals surface area contributed by atoms with Gasteiger partial charge in [-0.2, -0.15) is 0 Å². The van der Waals surface area contributed by atoms with Crippen molar-refractivity contribution in [2.45, 2.75) is 16.9 Å². The van der Waals surface area contributed by atoms with E-state index < -0.39 is 10.0 Å². The second kappa shape index (κ2) is 7.75. The quantitative estimate of drug-likeness (QED) is 0.588. The standard InChI is InChI=1S/C21H20N2O5S2/c1-27-16-10-5-13(12-17(16)28-2)20-19(18-4-3-11-29-18)21(24)23(20)14-6-8-15(9-7-14)30(22,25)26/h3-12,19-20H,1-2H3,(H2,22,25,26)/t19-,20-/m0/s1. The van der Waals surface area contributed by atoms with Gasteiger partial charge in [0.15, 0.2) is 11.5 Å². The minimum absolute atomic E-state index is 0.00306. The first-order valence-electron chi connectivity index (χ1n) is 9.06. The number of thiophene rings is 1. The Hall–Kier alpha value is -2.88. The summed E-state index contributed by atoms with van der Waals surface area (Å²) in [5.41, 5.74) is 1.49. The normalized spacial score (nSPS) is 18.8. The van der Waals surface area contributed by atoms with E-state index in [-0.39, 0.29) is 22.8 Å². The number of hydrogen-bond acceptors (Lipinski definition) is 6. The van der Waals surface area contributed by atoms with Gasteiger partial charge in [0, 0.05) is 10.6 Å². The highest BCUT2D eigenvalue weighted by atomic mass is 32.2. The van der Waals surface area contributed by atoms with E-state index in [9.17, 15) is 13.2 Å². The van der Waals surface area contributed by atoms with Crippen molar-refractivity contribution in [1.82, 2.24) is 0 Å². The molecule has 4 rings (SSSR count). The number of carbonyl (C=O) groups is 1. The molecule has 30 heavy (non-hydrogen) atoms. The van der Waals surface area contributed by atoms with Crippen LogP contribution in [-0.2, 0) is 14.8 Å². The second-order valence-electron chi connectivity index (χ2n) is 6.80. The number of nitrogens with zero attached hydrogens (tertiary/aromatic N) is 1. The van der Waals surface area contributed by atoms with Crippen LogP contribution in [0.5, 0.6) is 11.5 Å². The molecule has 9 heteroatoms. The highest BCUT2D eigenvalue weighted by Crippen LogP contribution is 2.51. The van der Waals surface area contributed by atoms with Gasteiger partial charge in [0.05, 0.1) is 31.1 Å². The molecule has 0 bridgehead atoms. The molecule has 2 atom stereocenters. The molecular formula is C21H20N2O5S2. The molecule has 0 unspecified atom stereocenters. The maximum absolute atomic E-state index is 13.1. The zero-order valence-electron chi connectivity index (χ0n) is 16.3. The Labute approximate surface area is 178 Å². The number of nitrogens with two attached hydrogens (primary N) is 1. The van der Waals surface area contributed by atoms with E-state index >= 15 is 0 Å². The van der Waals surface area contributed by atoms with E-state index in [1.54, 1.807) is 31.3 Å². The second-order valence-corrected chi connectivity index (χ2v) is 9.34. The molecule has 0 radical (unpaired) electrons. The van der Waals surface area contributed by atoms with E-state index in [1.807, 2.05) is 35.7 Å². The van der Waals surface area contributed by atoms with E-state index in [0.29, 0.717) is 17.2 Å². The molecule has 1 aliphatic rings. The Morgan fingerprint density at radius 3 is 2.27 bits per heavy atom. The summed E-state index contributed by atoms with van der Waals surface area (Å²) in [6, 6.07) is 15.2. The average molecular weight is 445 g/mol. The molecule has 1 amide bonds. The van der Waals surface area contributed by atoms with Crippen molar-refractivity contribution in [3.8, 4) is 11.5 Å². The summed E-state index contributed by atoms with van der Waals surface area (Å²) in [5.74, 6) is 0.786. The van der Waals surface area contributed by atoms with Crippen molar-refractivity contribution in [3.05, 3.63) is 70.4 Å². The number of ether oxygens (including phenoxy) is 2. The molecule has 1 fully saturated rings. The third kappa shape index (κ3) is 3.45. The van der Waals surface area contributed by atoms with Crippen LogP contribution in [0, 0.1) is 0 Å². The molecule has 2 N–H and O–H groups in total. The Morgan fingerprint density at radius 2 is 1.70 bits per heavy atom. The molecule has 2 aromatic carbocycles. The van der Waals surface area contributed by atoms with Crippen LogP contribution in [0.25, 0.3) is 0 Å². The number of β-lactam (4-membered cyclic amide) rings is 1. The van der Waals surface area contributed by atoms with Crippen molar-refractivity contribution in [1.29, 1.82) is 0 Å². The number of primary sulfonamides is 1. The first-order chi connectivity index (χ1) is 14.3. The summed E-state index contributed by atoms with van der Waals surface area (Å²) >= 11 is 1.53. The van der Waals surface area contributed by atoms with Gasteiger partial charge in [-0.3, -0.25) is 4.79 Å². The van der Waals surface area contributed by atoms with Gasteiger partial charge >= 0.3 is 0 Å². The fourth-order valence-electron chi connectivity index (χ4n) is 3.70. The zero-order valence-corrected chi connectivity index (χ0v) is 17.9. The number of sulfonamides is 1. The number of benzene rings is 2. The Kier molecular flexibility index (Phi) is 5.27. The monoisotopic (exact) mass is 444 g/mol. The topological polar surface area (TPSA) is 98.9 Å². The van der Waals surface area contributed by atoms with Gasteiger partial charge in [-0.05, 0) is 53.4 Å². The van der Waals surface area contributed by atoms with Crippen LogP contribution in [0.2, 0.25) is 0 Å². The predicted octanol–water partition coefficient (Wildman–Crippen LogP) is 3.28. The Bertz CT molecular complexity index is 1170. The smallest absolute Gasteiger partial charge is 0.238 e. The van der Waals surface area contributed by atoms with Crippen molar-refractivity contribution in [2.75, 3.05) is 19.1 Å². The summed E-state index contributed by atoms with van der Waals surface area (Å²) in [6.45, 7) is 0. The summed E-state index contributed by atoms with van der Waals surface area (Å²) in [7, 11) is -0.677. The van der Waals surface area contributed by atoms with Crippen LogP contribution >= 0.6 is 11.3 Å². The summed E-state index contributed by atoms with van der Waals surface area (Å²) < 4.78 is 33.9. The molecule has 0 spiro atoms. The van der Waals surface area contributed by atoms with Crippen LogP contribution < -0.4 is 19.5 Å². The van der Waals surface area contributed by atoms with Crippen LogP contribution in [0.1, 0.15) is 22.4 Å². The number of rotatable bonds is 6. The third-order valence-electron chi connectivity index (χ3n) is 5.14. The summed E-state index contributed by atoms with van der Waals surface area (Å²) in [4.78, 5) is 15.8.